The molecule has 1 saturated carbocycles. The first-order chi connectivity index (χ1) is 10.1. The standard InChI is InChI=1S/C15H18ClN3O2/c16-11-4-1-2-6-13(11)19-9-3-5-12(14(19)20)18-15(21)17-10-7-8-10/h1-2,4,6,10,12H,3,5,7-9H2,(H2,17,18,21)/t12-/m1/s1. The van der Waals surface area contributed by atoms with Gasteiger partial charge in [-0.2, -0.15) is 0 Å². The number of piperidine rings is 1. The van der Waals surface area contributed by atoms with Gasteiger partial charge in [0.15, 0.2) is 0 Å². The van der Waals surface area contributed by atoms with E-state index in [-0.39, 0.29) is 18.0 Å². The summed E-state index contributed by atoms with van der Waals surface area (Å²) in [6.07, 6.45) is 3.55. The molecule has 2 N–H and O–H groups in total. The number of carbonyl (C=O) groups excluding carboxylic acids is 2. The first-order valence-corrected chi connectivity index (χ1v) is 7.66. The number of benzene rings is 1. The fourth-order valence-corrected chi connectivity index (χ4v) is 2.77. The predicted molar refractivity (Wildman–Crippen MR) is 81.5 cm³/mol. The molecule has 2 fully saturated rings. The molecular formula is C15H18ClN3O2. The van der Waals surface area contributed by atoms with Crippen LogP contribution in [0.25, 0.3) is 0 Å². The number of carbonyl (C=O) groups is 2. The van der Waals surface area contributed by atoms with Crippen molar-refractivity contribution in [2.75, 3.05) is 11.4 Å². The second-order valence-corrected chi connectivity index (χ2v) is 5.94. The van der Waals surface area contributed by atoms with Crippen molar-refractivity contribution >= 4 is 29.2 Å². The van der Waals surface area contributed by atoms with Gasteiger partial charge in [-0.05, 0) is 37.8 Å². The van der Waals surface area contributed by atoms with Gasteiger partial charge in [-0.1, -0.05) is 23.7 Å². The molecule has 3 rings (SSSR count). The largest absolute Gasteiger partial charge is 0.335 e. The van der Waals surface area contributed by atoms with Crippen LogP contribution in [-0.2, 0) is 4.79 Å². The van der Waals surface area contributed by atoms with Gasteiger partial charge in [0, 0.05) is 12.6 Å². The van der Waals surface area contributed by atoms with Crippen molar-refractivity contribution in [1.29, 1.82) is 0 Å². The Morgan fingerprint density at radius 1 is 1.19 bits per heavy atom. The molecule has 1 aromatic rings. The van der Waals surface area contributed by atoms with Crippen molar-refractivity contribution in [3.05, 3.63) is 29.3 Å². The molecule has 0 unspecified atom stereocenters. The molecule has 5 nitrogen and oxygen atoms in total. The van der Waals surface area contributed by atoms with Crippen molar-refractivity contribution in [3.8, 4) is 0 Å². The lowest BCUT2D eigenvalue weighted by atomic mass is 10.0. The first kappa shape index (κ1) is 14.2. The van der Waals surface area contributed by atoms with Gasteiger partial charge in [0.05, 0.1) is 10.7 Å². The minimum Gasteiger partial charge on any atom is -0.335 e. The van der Waals surface area contributed by atoms with E-state index < -0.39 is 6.04 Å². The molecule has 0 spiro atoms. The molecule has 112 valence electrons. The Morgan fingerprint density at radius 2 is 1.95 bits per heavy atom. The van der Waals surface area contributed by atoms with E-state index in [1.54, 1.807) is 11.0 Å². The molecule has 1 aromatic carbocycles. The van der Waals surface area contributed by atoms with Gasteiger partial charge in [0.1, 0.15) is 6.04 Å². The van der Waals surface area contributed by atoms with Gasteiger partial charge in [0.2, 0.25) is 5.91 Å². The van der Waals surface area contributed by atoms with Gasteiger partial charge in [-0.25, -0.2) is 4.79 Å². The Bertz CT molecular complexity index is 560. The van der Waals surface area contributed by atoms with Crippen molar-refractivity contribution < 1.29 is 9.59 Å². The number of rotatable bonds is 3. The van der Waals surface area contributed by atoms with Crippen LogP contribution < -0.4 is 15.5 Å². The quantitative estimate of drug-likeness (QED) is 0.900. The maximum Gasteiger partial charge on any atom is 0.315 e. The van der Waals surface area contributed by atoms with Gasteiger partial charge < -0.3 is 15.5 Å². The van der Waals surface area contributed by atoms with Crippen LogP contribution in [0, 0.1) is 0 Å². The normalized spacial score (nSPS) is 22.0. The molecule has 21 heavy (non-hydrogen) atoms. The maximum atomic E-state index is 12.5. The zero-order chi connectivity index (χ0) is 14.8. The molecule has 1 saturated heterocycles. The minimum atomic E-state index is -0.478. The summed E-state index contributed by atoms with van der Waals surface area (Å²) in [5.41, 5.74) is 0.707. The fourth-order valence-electron chi connectivity index (χ4n) is 2.53. The number of hydrogen-bond acceptors (Lipinski definition) is 2. The molecule has 0 aromatic heterocycles. The average molecular weight is 308 g/mol. The van der Waals surface area contributed by atoms with Crippen molar-refractivity contribution in [1.82, 2.24) is 10.6 Å². The second kappa shape index (κ2) is 5.93. The third kappa shape index (κ3) is 3.29. The highest BCUT2D eigenvalue weighted by atomic mass is 35.5. The number of urea groups is 1. The van der Waals surface area contributed by atoms with Crippen molar-refractivity contribution in [3.63, 3.8) is 0 Å². The molecule has 0 radical (unpaired) electrons. The number of nitrogens with one attached hydrogen (secondary N) is 2. The Morgan fingerprint density at radius 3 is 2.67 bits per heavy atom. The van der Waals surface area contributed by atoms with Crippen LogP contribution in [0.2, 0.25) is 5.02 Å². The molecule has 1 atom stereocenters. The molecule has 0 bridgehead atoms. The summed E-state index contributed by atoms with van der Waals surface area (Å²) in [7, 11) is 0. The second-order valence-electron chi connectivity index (χ2n) is 5.53. The minimum absolute atomic E-state index is 0.0969. The third-order valence-electron chi connectivity index (χ3n) is 3.80. The molecule has 3 amide bonds. The molecular weight excluding hydrogens is 290 g/mol. The molecule has 1 aliphatic carbocycles. The summed E-state index contributed by atoms with van der Waals surface area (Å²) in [6, 6.07) is 6.83. The van der Waals surface area contributed by atoms with Crippen LogP contribution in [0.1, 0.15) is 25.7 Å². The highest BCUT2D eigenvalue weighted by Crippen LogP contribution is 2.28. The maximum absolute atomic E-state index is 12.5. The van der Waals surface area contributed by atoms with E-state index in [1.165, 1.54) is 0 Å². The fraction of sp³-hybridized carbons (Fsp3) is 0.467. The van der Waals surface area contributed by atoms with E-state index >= 15 is 0 Å². The summed E-state index contributed by atoms with van der Waals surface area (Å²) in [5.74, 6) is -0.0969. The highest BCUT2D eigenvalue weighted by Gasteiger charge is 2.32. The SMILES string of the molecule is O=C(NC1CC1)N[C@@H]1CCCN(c2ccccc2Cl)C1=O. The summed E-state index contributed by atoms with van der Waals surface area (Å²) in [4.78, 5) is 26.0. The van der Waals surface area contributed by atoms with Gasteiger partial charge in [0.25, 0.3) is 0 Å². The number of hydrogen-bond donors (Lipinski definition) is 2. The third-order valence-corrected chi connectivity index (χ3v) is 4.12. The first-order valence-electron chi connectivity index (χ1n) is 7.28. The summed E-state index contributed by atoms with van der Waals surface area (Å²) >= 11 is 6.16. The van der Waals surface area contributed by atoms with E-state index in [0.29, 0.717) is 23.7 Å². The predicted octanol–water partition coefficient (Wildman–Crippen LogP) is 2.30. The molecule has 2 aliphatic rings. The lowest BCUT2D eigenvalue weighted by molar-refractivity contribution is -0.121. The van der Waals surface area contributed by atoms with Crippen molar-refractivity contribution in [2.45, 2.75) is 37.8 Å². The molecule has 1 heterocycles. The van der Waals surface area contributed by atoms with Gasteiger partial charge in [-0.15, -0.1) is 0 Å². The number of halogens is 1. The Hall–Kier alpha value is -1.75. The Labute approximate surface area is 128 Å². The highest BCUT2D eigenvalue weighted by molar-refractivity contribution is 6.33. The van der Waals surface area contributed by atoms with Crippen LogP contribution in [0.15, 0.2) is 24.3 Å². The summed E-state index contributed by atoms with van der Waals surface area (Å²) in [6.45, 7) is 0.630. The smallest absolute Gasteiger partial charge is 0.315 e. The Balaban J connectivity index is 1.68. The van der Waals surface area contributed by atoms with E-state index in [9.17, 15) is 9.59 Å². The summed E-state index contributed by atoms with van der Waals surface area (Å²) in [5, 5.41) is 6.17. The van der Waals surface area contributed by atoms with Gasteiger partial charge in [-0.3, -0.25) is 4.79 Å². The van der Waals surface area contributed by atoms with Crippen LogP contribution >= 0.6 is 11.6 Å². The lowest BCUT2D eigenvalue weighted by Gasteiger charge is -2.33. The van der Waals surface area contributed by atoms with Gasteiger partial charge >= 0.3 is 6.03 Å². The van der Waals surface area contributed by atoms with Crippen molar-refractivity contribution in [2.24, 2.45) is 0 Å². The van der Waals surface area contributed by atoms with Crippen LogP contribution in [-0.4, -0.2) is 30.6 Å². The van der Waals surface area contributed by atoms with E-state index in [2.05, 4.69) is 10.6 Å². The van der Waals surface area contributed by atoms with Crippen LogP contribution in [0.3, 0.4) is 0 Å². The molecule has 6 heteroatoms. The number of para-hydroxylation sites is 1. The lowest BCUT2D eigenvalue weighted by Crippen LogP contribution is -2.54. The summed E-state index contributed by atoms with van der Waals surface area (Å²) < 4.78 is 0. The number of anilines is 1. The van der Waals surface area contributed by atoms with E-state index in [1.807, 2.05) is 18.2 Å². The Kier molecular flexibility index (Phi) is 4.01. The van der Waals surface area contributed by atoms with Crippen LogP contribution in [0.4, 0.5) is 10.5 Å². The zero-order valence-corrected chi connectivity index (χ0v) is 12.4. The van der Waals surface area contributed by atoms with E-state index in [0.717, 1.165) is 19.3 Å². The topological polar surface area (TPSA) is 61.4 Å². The average Bonchev–Trinajstić information content (AvgIpc) is 3.26. The zero-order valence-electron chi connectivity index (χ0n) is 11.6. The van der Waals surface area contributed by atoms with Crippen LogP contribution in [0.5, 0.6) is 0 Å². The number of nitrogens with zero attached hydrogens (tertiary/aromatic N) is 1. The number of amides is 3. The monoisotopic (exact) mass is 307 g/mol. The molecule has 1 aliphatic heterocycles. The van der Waals surface area contributed by atoms with E-state index in [4.69, 9.17) is 11.6 Å².